The van der Waals surface area contributed by atoms with Crippen molar-refractivity contribution in [2.24, 2.45) is 11.8 Å². The number of unbranched alkanes of at least 4 members (excludes halogenated alkanes) is 2. The molecule has 384 valence electrons. The SMILES string of the molecule is COc1ccc(C[C@@H]2c3cc(OC)c(OC)cc3CC[N+]2(C)CC(C=O)C(=O)OCCCCCOC(=O)C(C=O)C[N+]2(C)CCc3cc(OC)c(OC)cc3[C@H]2Cc2ccc(OC)c(OC)c2)cc1OC. The van der Waals surface area contributed by atoms with Gasteiger partial charge in [0.15, 0.2) is 57.8 Å². The Hall–Kier alpha value is -6.52. The van der Waals surface area contributed by atoms with E-state index < -0.39 is 23.8 Å². The van der Waals surface area contributed by atoms with Crippen molar-refractivity contribution in [3.63, 3.8) is 0 Å². The Labute approximate surface area is 418 Å². The van der Waals surface area contributed by atoms with Crippen LogP contribution in [0.15, 0.2) is 60.7 Å². The van der Waals surface area contributed by atoms with E-state index in [1.54, 1.807) is 56.9 Å². The number of benzene rings is 4. The number of nitrogens with zero attached hydrogens (tertiary/aromatic N) is 2. The van der Waals surface area contributed by atoms with Gasteiger partial charge >= 0.3 is 11.9 Å². The molecule has 0 saturated carbocycles. The van der Waals surface area contributed by atoms with Gasteiger partial charge in [0.2, 0.25) is 0 Å². The number of hydrogen-bond donors (Lipinski definition) is 0. The first-order valence-electron chi connectivity index (χ1n) is 24.1. The summed E-state index contributed by atoms with van der Waals surface area (Å²) in [6.07, 6.45) is 5.51. The maximum atomic E-state index is 13.6. The van der Waals surface area contributed by atoms with Crippen molar-refractivity contribution < 1.29 is 75.5 Å². The van der Waals surface area contributed by atoms with Crippen LogP contribution in [0.1, 0.15) is 64.7 Å². The summed E-state index contributed by atoms with van der Waals surface area (Å²) in [5.41, 5.74) is 6.33. The zero-order valence-electron chi connectivity index (χ0n) is 43.0. The maximum absolute atomic E-state index is 13.6. The standard InChI is InChI=1S/C55H72N2O14/c1-56(20-18-38-28-50(66-7)52(68-9)30-42(38)44(56)24-36-14-16-46(62-3)48(26-36)64-5)32-40(34-58)54(60)70-22-12-11-13-23-71-55(61)41(35-59)33-57(2)21-19-39-29-51(67-8)53(69-10)31-43(39)45(57)25-37-15-17-47(63-4)49(27-37)65-6/h14-17,26-31,34-35,40-41,44-45H,11-13,18-25,32-33H2,1-10H3/q+2/t40?,41?,44-,45-,56?,57?/m1/s1. The second kappa shape index (κ2) is 24.5. The van der Waals surface area contributed by atoms with E-state index in [2.05, 4.69) is 14.1 Å². The molecule has 0 aromatic heterocycles. The van der Waals surface area contributed by atoms with E-state index in [-0.39, 0.29) is 38.4 Å². The summed E-state index contributed by atoms with van der Waals surface area (Å²) in [5, 5.41) is 0. The Morgan fingerprint density at radius 1 is 0.493 bits per heavy atom. The lowest BCUT2D eigenvalue weighted by atomic mass is 9.85. The van der Waals surface area contributed by atoms with Crippen molar-refractivity contribution in [1.29, 1.82) is 0 Å². The second-order valence-electron chi connectivity index (χ2n) is 18.8. The number of carbonyl (C=O) groups is 4. The number of aldehydes is 2. The second-order valence-corrected chi connectivity index (χ2v) is 18.8. The van der Waals surface area contributed by atoms with Crippen LogP contribution in [0.4, 0.5) is 0 Å². The van der Waals surface area contributed by atoms with E-state index in [0.717, 1.165) is 33.4 Å². The molecule has 16 heteroatoms. The highest BCUT2D eigenvalue weighted by molar-refractivity contribution is 5.88. The molecule has 0 spiro atoms. The van der Waals surface area contributed by atoms with Crippen LogP contribution in [-0.4, -0.2) is 144 Å². The van der Waals surface area contributed by atoms with Gasteiger partial charge in [-0.3, -0.25) is 9.59 Å². The van der Waals surface area contributed by atoms with Crippen molar-refractivity contribution >= 4 is 24.5 Å². The van der Waals surface area contributed by atoms with E-state index in [1.165, 1.54) is 0 Å². The zero-order valence-corrected chi connectivity index (χ0v) is 43.0. The molecule has 2 heterocycles. The predicted molar refractivity (Wildman–Crippen MR) is 265 cm³/mol. The Morgan fingerprint density at radius 2 is 0.831 bits per heavy atom. The van der Waals surface area contributed by atoms with Gasteiger partial charge in [-0.1, -0.05) is 12.1 Å². The largest absolute Gasteiger partial charge is 0.493 e. The normalized spacial score (nSPS) is 19.9. The average Bonchev–Trinajstić information content (AvgIpc) is 3.39. The van der Waals surface area contributed by atoms with Crippen molar-refractivity contribution in [1.82, 2.24) is 0 Å². The summed E-state index contributed by atoms with van der Waals surface area (Å²) < 4.78 is 57.1. The average molecular weight is 985 g/mol. The molecular weight excluding hydrogens is 913 g/mol. The lowest BCUT2D eigenvalue weighted by molar-refractivity contribution is -0.942. The van der Waals surface area contributed by atoms with Crippen LogP contribution in [0.3, 0.4) is 0 Å². The topological polar surface area (TPSA) is 161 Å². The Morgan fingerprint density at radius 3 is 1.17 bits per heavy atom. The minimum atomic E-state index is -1.00. The molecule has 4 unspecified atom stereocenters. The molecule has 0 bridgehead atoms. The van der Waals surface area contributed by atoms with Gasteiger partial charge < -0.3 is 65.9 Å². The molecule has 16 nitrogen and oxygen atoms in total. The third-order valence-electron chi connectivity index (χ3n) is 14.5. The maximum Gasteiger partial charge on any atom is 0.322 e. The quantitative estimate of drug-likeness (QED) is 0.0210. The molecule has 0 aliphatic carbocycles. The molecule has 71 heavy (non-hydrogen) atoms. The van der Waals surface area contributed by atoms with Gasteiger partial charge in [-0.15, -0.1) is 0 Å². The van der Waals surface area contributed by atoms with Crippen LogP contribution >= 0.6 is 0 Å². The molecule has 0 fully saturated rings. The van der Waals surface area contributed by atoms with Gasteiger partial charge in [-0.2, -0.15) is 0 Å². The Kier molecular flexibility index (Phi) is 18.6. The van der Waals surface area contributed by atoms with Crippen LogP contribution in [-0.2, 0) is 54.3 Å². The van der Waals surface area contributed by atoms with Crippen molar-refractivity contribution in [3.05, 3.63) is 94.0 Å². The smallest absolute Gasteiger partial charge is 0.322 e. The molecule has 6 rings (SSSR count). The fourth-order valence-electron chi connectivity index (χ4n) is 10.4. The lowest BCUT2D eigenvalue weighted by Crippen LogP contribution is -2.55. The number of ether oxygens (including phenoxy) is 10. The molecule has 4 aromatic rings. The monoisotopic (exact) mass is 984 g/mol. The van der Waals surface area contributed by atoms with Crippen molar-refractivity contribution in [2.75, 3.05) is 110 Å². The Balaban J connectivity index is 1.05. The first kappa shape index (κ1) is 53.8. The number of quaternary nitrogens is 2. The van der Waals surface area contributed by atoms with Crippen LogP contribution in [0.2, 0.25) is 0 Å². The molecule has 6 atom stereocenters. The number of fused-ring (bicyclic) bond motifs is 2. The third kappa shape index (κ3) is 12.3. The molecular formula is C55H72N2O14+2. The number of hydrogen-bond acceptors (Lipinski definition) is 14. The van der Waals surface area contributed by atoms with Gasteiger partial charge in [0.05, 0.1) is 110 Å². The highest BCUT2D eigenvalue weighted by Gasteiger charge is 2.45. The van der Waals surface area contributed by atoms with Crippen molar-refractivity contribution in [3.8, 4) is 46.0 Å². The van der Waals surface area contributed by atoms with Gasteiger partial charge in [0.1, 0.15) is 24.7 Å². The van der Waals surface area contributed by atoms with Crippen LogP contribution in [0, 0.1) is 11.8 Å². The van der Waals surface area contributed by atoms with Gasteiger partial charge in [-0.25, -0.2) is 0 Å². The molecule has 0 N–H and O–H groups in total. The van der Waals surface area contributed by atoms with E-state index in [4.69, 9.17) is 47.4 Å². The molecule has 0 saturated heterocycles. The summed E-state index contributed by atoms with van der Waals surface area (Å²) >= 11 is 0. The van der Waals surface area contributed by atoms with Gasteiger partial charge in [-0.05, 0) is 90.0 Å². The predicted octanol–water partition coefficient (Wildman–Crippen LogP) is 6.92. The molecule has 4 aromatic carbocycles. The van der Waals surface area contributed by atoms with E-state index in [1.807, 2.05) is 60.7 Å². The van der Waals surface area contributed by atoms with Gasteiger partial charge in [0.25, 0.3) is 0 Å². The third-order valence-corrected chi connectivity index (χ3v) is 14.5. The first-order valence-corrected chi connectivity index (χ1v) is 24.1. The van der Waals surface area contributed by atoms with Crippen LogP contribution in [0.5, 0.6) is 46.0 Å². The van der Waals surface area contributed by atoms with Crippen molar-refractivity contribution in [2.45, 2.75) is 57.0 Å². The molecule has 0 radical (unpaired) electrons. The molecule has 0 amide bonds. The van der Waals surface area contributed by atoms with E-state index in [9.17, 15) is 19.2 Å². The number of rotatable bonds is 26. The Bertz CT molecular complexity index is 2330. The lowest BCUT2D eigenvalue weighted by Gasteiger charge is -2.46. The highest BCUT2D eigenvalue weighted by Crippen LogP contribution is 2.45. The highest BCUT2D eigenvalue weighted by atomic mass is 16.5. The summed E-state index contributed by atoms with van der Waals surface area (Å²) in [6, 6.07) is 19.4. The minimum Gasteiger partial charge on any atom is -0.493 e. The zero-order chi connectivity index (χ0) is 51.3. The molecule has 2 aliphatic rings. The fourth-order valence-corrected chi connectivity index (χ4v) is 10.4. The van der Waals surface area contributed by atoms with Crippen LogP contribution < -0.4 is 37.9 Å². The summed E-state index contributed by atoms with van der Waals surface area (Å²) in [5.74, 6) is 1.76. The fraction of sp³-hybridized carbons (Fsp3) is 0.491. The van der Waals surface area contributed by atoms with Gasteiger partial charge in [0, 0.05) is 36.8 Å². The summed E-state index contributed by atoms with van der Waals surface area (Å²) in [6.45, 7) is 1.99. The summed E-state index contributed by atoms with van der Waals surface area (Å²) in [7, 11) is 17.0. The molecule has 2 aliphatic heterocycles. The first-order chi connectivity index (χ1) is 34.2. The number of esters is 2. The number of carbonyl (C=O) groups excluding carboxylic acids is 4. The number of methoxy groups -OCH3 is 8. The van der Waals surface area contributed by atoms with E-state index in [0.29, 0.717) is 126 Å². The minimum absolute atomic E-state index is 0.0993. The summed E-state index contributed by atoms with van der Waals surface area (Å²) in [4.78, 5) is 52.4. The number of likely N-dealkylation sites (N-methyl/N-ethyl adjacent to an activating group) is 2. The van der Waals surface area contributed by atoms with Crippen LogP contribution in [0.25, 0.3) is 0 Å². The van der Waals surface area contributed by atoms with E-state index >= 15 is 0 Å².